The van der Waals surface area contributed by atoms with E-state index < -0.39 is 11.6 Å². The van der Waals surface area contributed by atoms with Crippen molar-refractivity contribution < 1.29 is 18.3 Å². The number of para-hydroxylation sites is 2. The summed E-state index contributed by atoms with van der Waals surface area (Å²) < 4.78 is 36.6. The van der Waals surface area contributed by atoms with E-state index in [9.17, 15) is 8.78 Å². The maximum atomic E-state index is 13.3. The van der Waals surface area contributed by atoms with E-state index in [4.69, 9.17) is 15.2 Å². The van der Waals surface area contributed by atoms with Crippen molar-refractivity contribution in [2.45, 2.75) is 6.42 Å². The number of ether oxygens (including phenoxy) is 2. The number of rotatable bonds is 6. The lowest BCUT2D eigenvalue weighted by atomic mass is 10.3. The van der Waals surface area contributed by atoms with Crippen LogP contribution in [0.1, 0.15) is 6.42 Å². The van der Waals surface area contributed by atoms with Gasteiger partial charge in [-0.05, 0) is 24.3 Å². The molecule has 0 spiro atoms. The summed E-state index contributed by atoms with van der Waals surface area (Å²) in [5, 5.41) is 0. The van der Waals surface area contributed by atoms with Gasteiger partial charge in [-0.2, -0.15) is 0 Å². The first-order chi connectivity index (χ1) is 9.66. The molecular formula is C15H15F2NO2. The number of nitrogen functional groups attached to an aromatic ring is 1. The van der Waals surface area contributed by atoms with Gasteiger partial charge in [0.05, 0.1) is 18.9 Å². The van der Waals surface area contributed by atoms with Crippen molar-refractivity contribution in [2.24, 2.45) is 0 Å². The van der Waals surface area contributed by atoms with Crippen molar-refractivity contribution in [2.75, 3.05) is 18.9 Å². The Kier molecular flexibility index (Phi) is 4.76. The van der Waals surface area contributed by atoms with Crippen molar-refractivity contribution in [3.8, 4) is 11.5 Å². The third-order valence-electron chi connectivity index (χ3n) is 2.62. The van der Waals surface area contributed by atoms with E-state index >= 15 is 0 Å². The zero-order chi connectivity index (χ0) is 14.4. The molecule has 0 aromatic heterocycles. The first kappa shape index (κ1) is 14.1. The summed E-state index contributed by atoms with van der Waals surface area (Å²) in [6.45, 7) is 0.673. The molecule has 2 aromatic rings. The molecule has 0 bridgehead atoms. The Hall–Kier alpha value is -2.30. The second-order valence-electron chi connectivity index (χ2n) is 4.16. The highest BCUT2D eigenvalue weighted by Crippen LogP contribution is 2.20. The molecule has 0 aliphatic heterocycles. The molecule has 0 radical (unpaired) electrons. The number of halogens is 2. The smallest absolute Gasteiger partial charge is 0.167 e. The van der Waals surface area contributed by atoms with E-state index in [0.29, 0.717) is 24.5 Å². The van der Waals surface area contributed by atoms with Crippen LogP contribution in [0.15, 0.2) is 42.5 Å². The molecule has 3 nitrogen and oxygen atoms in total. The summed E-state index contributed by atoms with van der Waals surface area (Å²) in [5.41, 5.74) is 6.29. The summed E-state index contributed by atoms with van der Waals surface area (Å²) in [5.74, 6) is -0.693. The molecule has 0 fully saturated rings. The Bertz CT molecular complexity index is 576. The minimum absolute atomic E-state index is 0.0330. The van der Waals surface area contributed by atoms with E-state index in [1.54, 1.807) is 12.1 Å². The lowest BCUT2D eigenvalue weighted by molar-refractivity contribution is 0.241. The second kappa shape index (κ2) is 6.75. The van der Waals surface area contributed by atoms with Crippen LogP contribution in [0.5, 0.6) is 11.5 Å². The Balaban J connectivity index is 1.73. The molecule has 2 rings (SSSR count). The molecule has 0 atom stereocenters. The standard InChI is InChI=1S/C15H15F2NO2/c16-11-6-7-14(12(17)10-11)19-8-3-9-20-15-5-2-1-4-13(15)18/h1-2,4-7,10H,3,8-9,18H2. The molecule has 0 saturated carbocycles. The van der Waals surface area contributed by atoms with Gasteiger partial charge >= 0.3 is 0 Å². The predicted octanol–water partition coefficient (Wildman–Crippen LogP) is 3.39. The summed E-state index contributed by atoms with van der Waals surface area (Å²) in [6, 6.07) is 10.4. The van der Waals surface area contributed by atoms with Crippen molar-refractivity contribution in [1.29, 1.82) is 0 Å². The lowest BCUT2D eigenvalue weighted by Gasteiger charge is -2.10. The molecule has 5 heteroatoms. The molecule has 20 heavy (non-hydrogen) atoms. The van der Waals surface area contributed by atoms with Crippen LogP contribution in [0.2, 0.25) is 0 Å². The van der Waals surface area contributed by atoms with Crippen LogP contribution in [0.4, 0.5) is 14.5 Å². The number of hydrogen-bond acceptors (Lipinski definition) is 3. The van der Waals surface area contributed by atoms with Gasteiger partial charge in [-0.3, -0.25) is 0 Å². The summed E-state index contributed by atoms with van der Waals surface area (Å²) in [4.78, 5) is 0. The molecule has 2 aromatic carbocycles. The fourth-order valence-electron chi connectivity index (χ4n) is 1.63. The molecule has 0 aliphatic carbocycles. The monoisotopic (exact) mass is 279 g/mol. The number of nitrogens with two attached hydrogens (primary N) is 1. The minimum Gasteiger partial charge on any atom is -0.491 e. The Morgan fingerprint density at radius 2 is 1.60 bits per heavy atom. The van der Waals surface area contributed by atoms with Crippen LogP contribution < -0.4 is 15.2 Å². The van der Waals surface area contributed by atoms with Gasteiger partial charge in [0.1, 0.15) is 11.6 Å². The van der Waals surface area contributed by atoms with Crippen LogP contribution in [-0.2, 0) is 0 Å². The van der Waals surface area contributed by atoms with E-state index in [1.807, 2.05) is 12.1 Å². The highest BCUT2D eigenvalue weighted by atomic mass is 19.1. The van der Waals surface area contributed by atoms with Crippen molar-refractivity contribution in [1.82, 2.24) is 0 Å². The van der Waals surface area contributed by atoms with Crippen LogP contribution in [0, 0.1) is 11.6 Å². The molecular weight excluding hydrogens is 264 g/mol. The van der Waals surface area contributed by atoms with Crippen LogP contribution >= 0.6 is 0 Å². The van der Waals surface area contributed by atoms with Crippen LogP contribution in [0.25, 0.3) is 0 Å². The topological polar surface area (TPSA) is 44.5 Å². The highest BCUT2D eigenvalue weighted by molar-refractivity contribution is 5.51. The Labute approximate surface area is 115 Å². The SMILES string of the molecule is Nc1ccccc1OCCCOc1ccc(F)cc1F. The zero-order valence-corrected chi connectivity index (χ0v) is 10.8. The third-order valence-corrected chi connectivity index (χ3v) is 2.62. The van der Waals surface area contributed by atoms with E-state index in [0.717, 1.165) is 12.1 Å². The van der Waals surface area contributed by atoms with Crippen molar-refractivity contribution in [3.63, 3.8) is 0 Å². The Morgan fingerprint density at radius 1 is 0.900 bits per heavy atom. The first-order valence-electron chi connectivity index (χ1n) is 6.22. The van der Waals surface area contributed by atoms with Gasteiger partial charge in [-0.25, -0.2) is 8.78 Å². The number of benzene rings is 2. The molecule has 2 N–H and O–H groups in total. The third kappa shape index (κ3) is 3.85. The quantitative estimate of drug-likeness (QED) is 0.651. The fourth-order valence-corrected chi connectivity index (χ4v) is 1.63. The van der Waals surface area contributed by atoms with Crippen LogP contribution in [-0.4, -0.2) is 13.2 Å². The molecule has 0 unspecified atom stereocenters. The minimum atomic E-state index is -0.710. The fraction of sp³-hybridized carbons (Fsp3) is 0.200. The zero-order valence-electron chi connectivity index (χ0n) is 10.8. The highest BCUT2D eigenvalue weighted by Gasteiger charge is 2.04. The molecule has 0 aliphatic rings. The van der Waals surface area contributed by atoms with Crippen LogP contribution in [0.3, 0.4) is 0 Å². The van der Waals surface area contributed by atoms with E-state index in [2.05, 4.69) is 0 Å². The average Bonchev–Trinajstić information content (AvgIpc) is 2.42. The Morgan fingerprint density at radius 3 is 2.30 bits per heavy atom. The maximum absolute atomic E-state index is 13.3. The van der Waals surface area contributed by atoms with Crippen molar-refractivity contribution in [3.05, 3.63) is 54.1 Å². The predicted molar refractivity (Wildman–Crippen MR) is 72.8 cm³/mol. The van der Waals surface area contributed by atoms with Gasteiger partial charge < -0.3 is 15.2 Å². The van der Waals surface area contributed by atoms with Crippen molar-refractivity contribution >= 4 is 5.69 Å². The number of hydrogen-bond donors (Lipinski definition) is 1. The summed E-state index contributed by atoms with van der Waals surface area (Å²) in [7, 11) is 0. The van der Waals surface area contributed by atoms with E-state index in [1.165, 1.54) is 6.07 Å². The van der Waals surface area contributed by atoms with Gasteiger partial charge in [0, 0.05) is 12.5 Å². The van der Waals surface area contributed by atoms with Gasteiger partial charge in [-0.1, -0.05) is 12.1 Å². The average molecular weight is 279 g/mol. The largest absolute Gasteiger partial charge is 0.491 e. The maximum Gasteiger partial charge on any atom is 0.167 e. The molecule has 0 saturated heterocycles. The van der Waals surface area contributed by atoms with Gasteiger partial charge in [-0.15, -0.1) is 0 Å². The first-order valence-corrected chi connectivity index (χ1v) is 6.22. The summed E-state index contributed by atoms with van der Waals surface area (Å²) in [6.07, 6.45) is 0.561. The van der Waals surface area contributed by atoms with Gasteiger partial charge in [0.25, 0.3) is 0 Å². The lowest BCUT2D eigenvalue weighted by Crippen LogP contribution is -2.06. The van der Waals surface area contributed by atoms with Gasteiger partial charge in [0.2, 0.25) is 0 Å². The second-order valence-corrected chi connectivity index (χ2v) is 4.16. The number of anilines is 1. The van der Waals surface area contributed by atoms with E-state index in [-0.39, 0.29) is 12.4 Å². The van der Waals surface area contributed by atoms with Gasteiger partial charge in [0.15, 0.2) is 11.6 Å². The summed E-state index contributed by atoms with van der Waals surface area (Å²) >= 11 is 0. The molecule has 106 valence electrons. The molecule has 0 amide bonds. The molecule has 0 heterocycles. The normalized spacial score (nSPS) is 10.3.